The summed E-state index contributed by atoms with van der Waals surface area (Å²) in [5.41, 5.74) is -2.17. The van der Waals surface area contributed by atoms with E-state index in [4.69, 9.17) is 18.9 Å². The smallest absolute Gasteiger partial charge is 0.416 e. The molecule has 0 radical (unpaired) electrons. The second kappa shape index (κ2) is 11.3. The zero-order valence-corrected chi connectivity index (χ0v) is 23.7. The van der Waals surface area contributed by atoms with E-state index < -0.39 is 36.8 Å². The summed E-state index contributed by atoms with van der Waals surface area (Å²) in [6, 6.07) is 8.00. The molecule has 0 bridgehead atoms. The Bertz CT molecular complexity index is 1260. The number of ether oxygens (including phenoxy) is 4. The predicted octanol–water partition coefficient (Wildman–Crippen LogP) is 6.52. The monoisotopic (exact) mass is 590 g/mol. The molecule has 0 saturated carbocycles. The van der Waals surface area contributed by atoms with Gasteiger partial charge in [-0.25, -0.2) is 0 Å². The van der Waals surface area contributed by atoms with E-state index in [2.05, 4.69) is 0 Å². The first-order valence-electron chi connectivity index (χ1n) is 11.8. The highest BCUT2D eigenvalue weighted by Gasteiger charge is 2.39. The maximum absolute atomic E-state index is 13.7. The second-order valence-electron chi connectivity index (χ2n) is 9.71. The number of phenolic OH excluding ortho intramolecular Hbond substituents is 1. The van der Waals surface area contributed by atoms with Crippen LogP contribution < -0.4 is 34.9 Å². The molecule has 0 amide bonds. The van der Waals surface area contributed by atoms with Crippen LogP contribution >= 0.6 is 7.92 Å². The van der Waals surface area contributed by atoms with Gasteiger partial charge in [-0.15, -0.1) is 0 Å². The summed E-state index contributed by atoms with van der Waals surface area (Å²) in [6.45, 7) is 5.56. The molecule has 3 rings (SSSR count). The van der Waals surface area contributed by atoms with Gasteiger partial charge in [-0.2, -0.15) is 26.3 Å². The van der Waals surface area contributed by atoms with Crippen molar-refractivity contribution in [3.8, 4) is 28.7 Å². The molecule has 3 aromatic carbocycles. The molecular weight excluding hydrogens is 561 g/mol. The third-order valence-electron chi connectivity index (χ3n) is 6.13. The van der Waals surface area contributed by atoms with Gasteiger partial charge in [0, 0.05) is 13.2 Å². The first-order valence-corrected chi connectivity index (χ1v) is 13.1. The molecular formula is C28H29F6O5P. The minimum absolute atomic E-state index is 0.0747. The van der Waals surface area contributed by atoms with Crippen molar-refractivity contribution < 1.29 is 50.4 Å². The van der Waals surface area contributed by atoms with E-state index in [9.17, 15) is 31.4 Å². The maximum Gasteiger partial charge on any atom is 0.416 e. The number of hydrogen-bond acceptors (Lipinski definition) is 5. The standard InChI is InChI=1S/C28H29F6O5P/c1-26(2,3)17-9-8-10-22(23(17)35)40(24-18(36-4)11-15(27(29,30)31)12-19(24)37-5)25-20(38-6)13-16(28(32,33)34)14-21(25)39-7/h8-14,35H,1-7H3. The third-order valence-corrected chi connectivity index (χ3v) is 8.74. The predicted molar refractivity (Wildman–Crippen MR) is 142 cm³/mol. The highest BCUT2D eigenvalue weighted by atomic mass is 31.1. The minimum Gasteiger partial charge on any atom is -0.507 e. The first-order chi connectivity index (χ1) is 18.5. The minimum atomic E-state index is -4.75. The fourth-order valence-electron chi connectivity index (χ4n) is 4.22. The van der Waals surface area contributed by atoms with E-state index in [0.717, 1.165) is 24.3 Å². The van der Waals surface area contributed by atoms with Crippen molar-refractivity contribution in [3.05, 3.63) is 59.2 Å². The molecule has 0 heterocycles. The molecule has 0 aliphatic rings. The Hall–Kier alpha value is -3.33. The van der Waals surface area contributed by atoms with Crippen molar-refractivity contribution >= 4 is 23.8 Å². The molecule has 3 aromatic rings. The molecule has 0 spiro atoms. The normalized spacial score (nSPS) is 12.4. The van der Waals surface area contributed by atoms with Gasteiger partial charge in [0.25, 0.3) is 0 Å². The number of alkyl halides is 6. The summed E-state index contributed by atoms with van der Waals surface area (Å²) in [4.78, 5) is 0. The van der Waals surface area contributed by atoms with E-state index in [0.29, 0.717) is 5.56 Å². The van der Waals surface area contributed by atoms with E-state index in [-0.39, 0.29) is 44.7 Å². The SMILES string of the molecule is COc1cc(C(F)(F)F)cc(OC)c1P(c1cccc(C(C)(C)C)c1O)c1c(OC)cc(C(F)(F)F)cc1OC. The third kappa shape index (κ3) is 6.04. The topological polar surface area (TPSA) is 57.2 Å². The van der Waals surface area contributed by atoms with E-state index in [1.165, 1.54) is 28.4 Å². The molecule has 0 aliphatic carbocycles. The van der Waals surface area contributed by atoms with Gasteiger partial charge in [0.2, 0.25) is 0 Å². The van der Waals surface area contributed by atoms with Gasteiger partial charge in [-0.1, -0.05) is 39.0 Å². The van der Waals surface area contributed by atoms with Crippen molar-refractivity contribution in [2.45, 2.75) is 38.5 Å². The molecule has 5 nitrogen and oxygen atoms in total. The number of aromatic hydroxyl groups is 1. The van der Waals surface area contributed by atoms with Crippen molar-refractivity contribution in [3.63, 3.8) is 0 Å². The van der Waals surface area contributed by atoms with Gasteiger partial charge in [0.15, 0.2) is 0 Å². The fourth-order valence-corrected chi connectivity index (χ4v) is 7.00. The van der Waals surface area contributed by atoms with Gasteiger partial charge in [0.1, 0.15) is 28.7 Å². The number of hydrogen-bond donors (Lipinski definition) is 1. The number of halogens is 6. The van der Waals surface area contributed by atoms with Gasteiger partial charge < -0.3 is 24.1 Å². The Morgan fingerprint density at radius 1 is 0.625 bits per heavy atom. The maximum atomic E-state index is 13.7. The Morgan fingerprint density at radius 2 is 0.975 bits per heavy atom. The zero-order chi connectivity index (χ0) is 30.2. The Morgan fingerprint density at radius 3 is 1.25 bits per heavy atom. The zero-order valence-electron chi connectivity index (χ0n) is 22.8. The summed E-state index contributed by atoms with van der Waals surface area (Å²) in [7, 11) is 2.44. The van der Waals surface area contributed by atoms with Crippen LogP contribution in [0.5, 0.6) is 28.7 Å². The van der Waals surface area contributed by atoms with Crippen LogP contribution in [-0.2, 0) is 17.8 Å². The number of benzene rings is 3. The number of phenols is 1. The van der Waals surface area contributed by atoms with Crippen molar-refractivity contribution in [1.82, 2.24) is 0 Å². The second-order valence-corrected chi connectivity index (χ2v) is 11.8. The molecule has 0 aromatic heterocycles. The van der Waals surface area contributed by atoms with Crippen LogP contribution in [0.1, 0.15) is 37.5 Å². The van der Waals surface area contributed by atoms with Gasteiger partial charge in [0.05, 0.1) is 50.2 Å². The van der Waals surface area contributed by atoms with Crippen LogP contribution in [0, 0.1) is 0 Å². The van der Waals surface area contributed by atoms with E-state index in [1.54, 1.807) is 18.2 Å². The van der Waals surface area contributed by atoms with Crippen molar-refractivity contribution in [2.24, 2.45) is 0 Å². The summed E-state index contributed by atoms with van der Waals surface area (Å²) < 4.78 is 104. The lowest BCUT2D eigenvalue weighted by molar-refractivity contribution is -0.138. The molecule has 40 heavy (non-hydrogen) atoms. The lowest BCUT2D eigenvalue weighted by Crippen LogP contribution is -2.28. The molecule has 0 fully saturated rings. The van der Waals surface area contributed by atoms with Crippen LogP contribution in [0.25, 0.3) is 0 Å². The number of rotatable bonds is 7. The Labute approximate surface area is 229 Å². The molecule has 0 unspecified atom stereocenters. The Kier molecular flexibility index (Phi) is 8.79. The van der Waals surface area contributed by atoms with Gasteiger partial charge >= 0.3 is 12.4 Å². The summed E-state index contributed by atoms with van der Waals surface area (Å²) in [5.74, 6) is -1.18. The van der Waals surface area contributed by atoms with E-state index >= 15 is 0 Å². The lowest BCUT2D eigenvalue weighted by atomic mass is 9.86. The highest BCUT2D eigenvalue weighted by Crippen LogP contribution is 2.51. The molecule has 0 aliphatic heterocycles. The summed E-state index contributed by atoms with van der Waals surface area (Å²) in [6.07, 6.45) is -9.50. The van der Waals surface area contributed by atoms with Crippen LogP contribution in [0.15, 0.2) is 42.5 Å². The Balaban J connectivity index is 2.58. The largest absolute Gasteiger partial charge is 0.507 e. The average molecular weight is 590 g/mol. The van der Waals surface area contributed by atoms with Gasteiger partial charge in [-0.3, -0.25) is 0 Å². The molecule has 218 valence electrons. The first kappa shape index (κ1) is 31.2. The van der Waals surface area contributed by atoms with Crippen LogP contribution in [0.4, 0.5) is 26.3 Å². The van der Waals surface area contributed by atoms with Crippen molar-refractivity contribution in [2.75, 3.05) is 28.4 Å². The number of methoxy groups -OCH3 is 4. The van der Waals surface area contributed by atoms with Crippen LogP contribution in [0.3, 0.4) is 0 Å². The average Bonchev–Trinajstić information content (AvgIpc) is 2.87. The van der Waals surface area contributed by atoms with E-state index in [1.807, 2.05) is 20.8 Å². The summed E-state index contributed by atoms with van der Waals surface area (Å²) >= 11 is 0. The molecule has 12 heteroatoms. The quantitative estimate of drug-likeness (QED) is 0.251. The van der Waals surface area contributed by atoms with Crippen LogP contribution in [-0.4, -0.2) is 33.5 Å². The lowest BCUT2D eigenvalue weighted by Gasteiger charge is -2.30. The molecule has 0 saturated heterocycles. The highest BCUT2D eigenvalue weighted by molar-refractivity contribution is 7.80. The summed E-state index contributed by atoms with van der Waals surface area (Å²) in [5, 5.41) is 11.9. The van der Waals surface area contributed by atoms with Gasteiger partial charge in [-0.05, 0) is 35.2 Å². The fraction of sp³-hybridized carbons (Fsp3) is 0.357. The van der Waals surface area contributed by atoms with Crippen LogP contribution in [0.2, 0.25) is 0 Å². The number of para-hydroxylation sites is 1. The van der Waals surface area contributed by atoms with Crippen molar-refractivity contribution in [1.29, 1.82) is 0 Å². The molecule has 1 N–H and O–H groups in total. The molecule has 0 atom stereocenters.